The number of nitrogens with one attached hydrogen (secondary N) is 2. The predicted octanol–water partition coefficient (Wildman–Crippen LogP) is 3.59. The fourth-order valence-electron chi connectivity index (χ4n) is 2.75. The van der Waals surface area contributed by atoms with Crippen LogP contribution < -0.4 is 10.6 Å². The zero-order chi connectivity index (χ0) is 16.7. The van der Waals surface area contributed by atoms with Crippen molar-refractivity contribution >= 4 is 33.7 Å². The molecule has 0 aromatic heterocycles. The summed E-state index contributed by atoms with van der Waals surface area (Å²) in [5, 5.41) is 6.97. The highest BCUT2D eigenvalue weighted by molar-refractivity contribution is 9.10. The van der Waals surface area contributed by atoms with Gasteiger partial charge in [0.1, 0.15) is 0 Å². The molecule has 0 aliphatic carbocycles. The Kier molecular flexibility index (Phi) is 7.24. The van der Waals surface area contributed by atoms with Gasteiger partial charge in [-0.25, -0.2) is 0 Å². The van der Waals surface area contributed by atoms with E-state index in [2.05, 4.69) is 62.9 Å². The Morgan fingerprint density at radius 2 is 2.09 bits per heavy atom. The van der Waals surface area contributed by atoms with Gasteiger partial charge in [0, 0.05) is 36.0 Å². The molecule has 2 rings (SSSR count). The SMILES string of the molecule is CN=C(NCC1(SC)CCOCC1)NC(C)c1ccccc1Br. The lowest BCUT2D eigenvalue weighted by molar-refractivity contribution is 0.0782. The van der Waals surface area contributed by atoms with Crippen molar-refractivity contribution in [1.82, 2.24) is 10.6 Å². The number of thioether (sulfide) groups is 1. The average Bonchev–Trinajstić information content (AvgIpc) is 2.59. The molecular weight excluding hydrogens is 374 g/mol. The summed E-state index contributed by atoms with van der Waals surface area (Å²) in [7, 11) is 1.82. The van der Waals surface area contributed by atoms with E-state index >= 15 is 0 Å². The van der Waals surface area contributed by atoms with Crippen LogP contribution in [0, 0.1) is 0 Å². The lowest BCUT2D eigenvalue weighted by atomic mass is 9.99. The maximum absolute atomic E-state index is 5.50. The molecule has 1 aliphatic heterocycles. The summed E-state index contributed by atoms with van der Waals surface area (Å²) in [6.45, 7) is 4.75. The molecule has 0 amide bonds. The smallest absolute Gasteiger partial charge is 0.191 e. The number of ether oxygens (including phenoxy) is 1. The standard InChI is InChI=1S/C17H26BrN3OS/c1-13(14-6-4-5-7-15(14)18)21-16(19-2)20-12-17(23-3)8-10-22-11-9-17/h4-7,13H,8-12H2,1-3H3,(H2,19,20,21). The summed E-state index contributed by atoms with van der Waals surface area (Å²) >= 11 is 5.54. The fourth-order valence-corrected chi connectivity index (χ4v) is 4.16. The zero-order valence-corrected chi connectivity index (χ0v) is 16.5. The van der Waals surface area contributed by atoms with Gasteiger partial charge in [-0.15, -0.1) is 0 Å². The molecule has 6 heteroatoms. The second-order valence-electron chi connectivity index (χ2n) is 5.81. The molecule has 4 nitrogen and oxygen atoms in total. The Bertz CT molecular complexity index is 532. The number of guanidine groups is 1. The van der Waals surface area contributed by atoms with Crippen molar-refractivity contribution in [2.75, 3.05) is 33.1 Å². The fraction of sp³-hybridized carbons (Fsp3) is 0.588. The van der Waals surface area contributed by atoms with E-state index < -0.39 is 0 Å². The van der Waals surface area contributed by atoms with Gasteiger partial charge in [-0.2, -0.15) is 11.8 Å². The number of hydrogen-bond donors (Lipinski definition) is 2. The molecule has 128 valence electrons. The molecule has 0 spiro atoms. The number of hydrogen-bond acceptors (Lipinski definition) is 3. The van der Waals surface area contributed by atoms with Crippen molar-refractivity contribution in [3.63, 3.8) is 0 Å². The van der Waals surface area contributed by atoms with Gasteiger partial charge in [-0.3, -0.25) is 4.99 Å². The number of rotatable bonds is 5. The van der Waals surface area contributed by atoms with Crippen molar-refractivity contribution in [1.29, 1.82) is 0 Å². The quantitative estimate of drug-likeness (QED) is 0.586. The molecule has 1 unspecified atom stereocenters. The van der Waals surface area contributed by atoms with Gasteiger partial charge in [-0.1, -0.05) is 34.1 Å². The lowest BCUT2D eigenvalue weighted by Gasteiger charge is -2.36. The zero-order valence-electron chi connectivity index (χ0n) is 14.1. The Labute approximate surface area is 152 Å². The molecular formula is C17H26BrN3OS. The van der Waals surface area contributed by atoms with E-state index in [0.717, 1.165) is 43.0 Å². The van der Waals surface area contributed by atoms with Crippen molar-refractivity contribution in [3.8, 4) is 0 Å². The summed E-state index contributed by atoms with van der Waals surface area (Å²) in [6, 6.07) is 8.45. The summed E-state index contributed by atoms with van der Waals surface area (Å²) < 4.78 is 6.86. The molecule has 1 atom stereocenters. The third-order valence-corrected chi connectivity index (χ3v) is 6.50. The van der Waals surface area contributed by atoms with Gasteiger partial charge < -0.3 is 15.4 Å². The van der Waals surface area contributed by atoms with Gasteiger partial charge in [-0.05, 0) is 37.7 Å². The van der Waals surface area contributed by atoms with E-state index in [0.29, 0.717) is 0 Å². The highest BCUT2D eigenvalue weighted by Crippen LogP contribution is 2.33. The molecule has 2 N–H and O–H groups in total. The Morgan fingerprint density at radius 3 is 2.70 bits per heavy atom. The van der Waals surface area contributed by atoms with E-state index in [9.17, 15) is 0 Å². The highest BCUT2D eigenvalue weighted by Gasteiger charge is 2.31. The number of benzene rings is 1. The summed E-state index contributed by atoms with van der Waals surface area (Å²) in [6.07, 6.45) is 4.35. The molecule has 1 heterocycles. The highest BCUT2D eigenvalue weighted by atomic mass is 79.9. The van der Waals surface area contributed by atoms with Gasteiger partial charge in [0.2, 0.25) is 0 Å². The van der Waals surface area contributed by atoms with Crippen molar-refractivity contribution in [3.05, 3.63) is 34.3 Å². The van der Waals surface area contributed by atoms with Gasteiger partial charge >= 0.3 is 0 Å². The summed E-state index contributed by atoms with van der Waals surface area (Å²) in [4.78, 5) is 4.37. The van der Waals surface area contributed by atoms with E-state index in [-0.39, 0.29) is 10.8 Å². The lowest BCUT2D eigenvalue weighted by Crippen LogP contribution is -2.48. The summed E-state index contributed by atoms with van der Waals surface area (Å²) in [5.41, 5.74) is 1.22. The van der Waals surface area contributed by atoms with Crippen LogP contribution in [0.3, 0.4) is 0 Å². The molecule has 1 aromatic rings. The van der Waals surface area contributed by atoms with Crippen LogP contribution in [-0.2, 0) is 4.74 Å². The third kappa shape index (κ3) is 5.13. The number of aliphatic imine (C=N–C) groups is 1. The first-order valence-corrected chi connectivity index (χ1v) is 9.96. The molecule has 1 saturated heterocycles. The summed E-state index contributed by atoms with van der Waals surface area (Å²) in [5.74, 6) is 0.841. The molecule has 1 aromatic carbocycles. The van der Waals surface area contributed by atoms with Gasteiger partial charge in [0.15, 0.2) is 5.96 Å². The normalized spacial score (nSPS) is 19.2. The molecule has 23 heavy (non-hydrogen) atoms. The molecule has 1 aliphatic rings. The van der Waals surface area contributed by atoms with Gasteiger partial charge in [0.05, 0.1) is 6.04 Å². The molecule has 0 bridgehead atoms. The van der Waals surface area contributed by atoms with Crippen molar-refractivity contribution < 1.29 is 4.74 Å². The van der Waals surface area contributed by atoms with Crippen molar-refractivity contribution in [2.45, 2.75) is 30.6 Å². The number of halogens is 1. The molecule has 0 radical (unpaired) electrons. The Balaban J connectivity index is 1.94. The van der Waals surface area contributed by atoms with Gasteiger partial charge in [0.25, 0.3) is 0 Å². The van der Waals surface area contributed by atoms with Crippen LogP contribution in [0.4, 0.5) is 0 Å². The third-order valence-electron chi connectivity index (χ3n) is 4.36. The minimum absolute atomic E-state index is 0.177. The minimum Gasteiger partial charge on any atom is -0.381 e. The maximum Gasteiger partial charge on any atom is 0.191 e. The second-order valence-corrected chi connectivity index (χ2v) is 7.94. The first kappa shape index (κ1) is 18.6. The predicted molar refractivity (Wildman–Crippen MR) is 103 cm³/mol. The average molecular weight is 400 g/mol. The largest absolute Gasteiger partial charge is 0.381 e. The molecule has 0 saturated carbocycles. The van der Waals surface area contributed by atoms with Crippen LogP contribution in [0.15, 0.2) is 33.7 Å². The Morgan fingerprint density at radius 1 is 1.39 bits per heavy atom. The topological polar surface area (TPSA) is 45.7 Å². The van der Waals surface area contributed by atoms with E-state index in [1.54, 1.807) is 0 Å². The monoisotopic (exact) mass is 399 g/mol. The first-order valence-electron chi connectivity index (χ1n) is 7.95. The van der Waals surface area contributed by atoms with Crippen LogP contribution >= 0.6 is 27.7 Å². The van der Waals surface area contributed by atoms with Crippen LogP contribution in [0.2, 0.25) is 0 Å². The maximum atomic E-state index is 5.50. The first-order chi connectivity index (χ1) is 11.1. The van der Waals surface area contributed by atoms with E-state index in [4.69, 9.17) is 4.74 Å². The minimum atomic E-state index is 0.177. The Hall–Kier alpha value is -0.720. The van der Waals surface area contributed by atoms with Crippen LogP contribution in [0.1, 0.15) is 31.4 Å². The number of nitrogens with zero attached hydrogens (tertiary/aromatic N) is 1. The van der Waals surface area contributed by atoms with Crippen LogP contribution in [0.25, 0.3) is 0 Å². The second kappa shape index (κ2) is 8.94. The van der Waals surface area contributed by atoms with Crippen molar-refractivity contribution in [2.24, 2.45) is 4.99 Å². The van der Waals surface area contributed by atoms with E-state index in [1.807, 2.05) is 24.9 Å². The van der Waals surface area contributed by atoms with Crippen LogP contribution in [-0.4, -0.2) is 43.8 Å². The van der Waals surface area contributed by atoms with Crippen LogP contribution in [0.5, 0.6) is 0 Å². The molecule has 1 fully saturated rings. The van der Waals surface area contributed by atoms with E-state index in [1.165, 1.54) is 5.56 Å².